The second kappa shape index (κ2) is 13.6. The average molecular weight is 669 g/mol. The lowest BCUT2D eigenvalue weighted by atomic mass is 9.92. The minimum atomic E-state index is -5.36. The maximum atomic E-state index is 13.4. The van der Waals surface area contributed by atoms with Gasteiger partial charge in [-0.1, -0.05) is 30.3 Å². The van der Waals surface area contributed by atoms with Gasteiger partial charge in [0.15, 0.2) is 0 Å². The number of hydrogen-bond acceptors (Lipinski definition) is 8. The van der Waals surface area contributed by atoms with Crippen molar-refractivity contribution in [1.82, 2.24) is 4.90 Å². The Kier molecular flexibility index (Phi) is 9.79. The van der Waals surface area contributed by atoms with Gasteiger partial charge in [0.05, 0.1) is 11.0 Å². The summed E-state index contributed by atoms with van der Waals surface area (Å²) >= 11 is 0. The summed E-state index contributed by atoms with van der Waals surface area (Å²) in [6, 6.07) is 15.9. The zero-order valence-electron chi connectivity index (χ0n) is 24.7. The van der Waals surface area contributed by atoms with Crippen molar-refractivity contribution in [2.45, 2.75) is 56.5 Å². The van der Waals surface area contributed by atoms with Crippen LogP contribution in [-0.2, 0) is 25.2 Å². The summed E-state index contributed by atoms with van der Waals surface area (Å²) in [5.74, 6) is -3.49. The number of fused-ring (bicyclic) bond motifs is 1. The molecule has 1 saturated heterocycles. The molecule has 1 saturated carbocycles. The lowest BCUT2D eigenvalue weighted by molar-refractivity contribution is -0.388. The van der Waals surface area contributed by atoms with E-state index in [0.29, 0.717) is 19.2 Å². The van der Waals surface area contributed by atoms with Gasteiger partial charge in [-0.25, -0.2) is 4.79 Å². The number of amides is 1. The van der Waals surface area contributed by atoms with Gasteiger partial charge < -0.3 is 24.6 Å². The van der Waals surface area contributed by atoms with Crippen LogP contribution in [0.3, 0.4) is 0 Å². The Labute approximate surface area is 264 Å². The lowest BCUT2D eigenvalue weighted by Gasteiger charge is -2.38. The second-order valence-electron chi connectivity index (χ2n) is 11.3. The number of carbonyl (C=O) groups excluding carboxylic acids is 2. The number of anilines is 2. The summed E-state index contributed by atoms with van der Waals surface area (Å²) in [5, 5.41) is 16.0. The van der Waals surface area contributed by atoms with Crippen molar-refractivity contribution in [1.29, 1.82) is 0 Å². The fourth-order valence-corrected chi connectivity index (χ4v) is 5.77. The first-order valence-corrected chi connectivity index (χ1v) is 14.8. The molecule has 2 aliphatic rings. The van der Waals surface area contributed by atoms with Crippen molar-refractivity contribution in [3.8, 4) is 0 Å². The molecule has 10 nitrogen and oxygen atoms in total. The SMILES string of the molecule is O=C(C(OC(=O)C(F)(F)F)OC1CCC(Nc2ccc([N+](=O)[O-])c(C(F)(F)F)c2)CC1)N1CCN(c2ccc3ccccc3c2)CC1. The minimum Gasteiger partial charge on any atom is -0.419 e. The minimum absolute atomic E-state index is 0.00212. The number of rotatable bonds is 8. The average Bonchev–Trinajstić information content (AvgIpc) is 3.04. The van der Waals surface area contributed by atoms with Gasteiger partial charge in [0.25, 0.3) is 17.9 Å². The van der Waals surface area contributed by atoms with Crippen molar-refractivity contribution in [3.63, 3.8) is 0 Å². The van der Waals surface area contributed by atoms with E-state index < -0.39 is 58.8 Å². The first-order valence-electron chi connectivity index (χ1n) is 14.8. The van der Waals surface area contributed by atoms with Crippen molar-refractivity contribution in [2.24, 2.45) is 0 Å². The summed E-state index contributed by atoms with van der Waals surface area (Å²) < 4.78 is 89.5. The van der Waals surface area contributed by atoms with Crippen LogP contribution in [0.1, 0.15) is 31.2 Å². The van der Waals surface area contributed by atoms with Crippen molar-refractivity contribution < 1.29 is 50.3 Å². The summed E-state index contributed by atoms with van der Waals surface area (Å²) in [6.07, 6.45) is -12.3. The number of ether oxygens (including phenoxy) is 2. The van der Waals surface area contributed by atoms with Crippen LogP contribution in [0.2, 0.25) is 0 Å². The van der Waals surface area contributed by atoms with E-state index in [1.807, 2.05) is 47.4 Å². The molecule has 0 spiro atoms. The molecule has 1 atom stereocenters. The molecule has 1 heterocycles. The Bertz CT molecular complexity index is 1620. The van der Waals surface area contributed by atoms with Gasteiger partial charge in [-0.3, -0.25) is 14.9 Å². The molecule has 3 aromatic carbocycles. The molecule has 16 heteroatoms. The Morgan fingerprint density at radius 3 is 2.15 bits per heavy atom. The molecule has 47 heavy (non-hydrogen) atoms. The molecule has 3 aromatic rings. The molecule has 1 aliphatic carbocycles. The van der Waals surface area contributed by atoms with E-state index in [2.05, 4.69) is 10.1 Å². The molecule has 2 fully saturated rings. The van der Waals surface area contributed by atoms with Gasteiger partial charge in [0.1, 0.15) is 5.56 Å². The number of alkyl halides is 6. The van der Waals surface area contributed by atoms with Gasteiger partial charge >= 0.3 is 18.3 Å². The zero-order chi connectivity index (χ0) is 33.9. The predicted molar refractivity (Wildman–Crippen MR) is 158 cm³/mol. The van der Waals surface area contributed by atoms with E-state index in [0.717, 1.165) is 28.6 Å². The first-order chi connectivity index (χ1) is 22.2. The quantitative estimate of drug-likeness (QED) is 0.0981. The van der Waals surface area contributed by atoms with Crippen molar-refractivity contribution in [2.75, 3.05) is 36.4 Å². The van der Waals surface area contributed by atoms with Gasteiger partial charge in [0.2, 0.25) is 0 Å². The summed E-state index contributed by atoms with van der Waals surface area (Å²) in [7, 11) is 0. The van der Waals surface area contributed by atoms with Crippen molar-refractivity contribution >= 4 is 39.7 Å². The summed E-state index contributed by atoms with van der Waals surface area (Å²) in [6.45, 7) is 1.03. The fraction of sp³-hybridized carbons (Fsp3) is 0.419. The normalized spacial score (nSPS) is 19.7. The molecule has 1 unspecified atom stereocenters. The maximum absolute atomic E-state index is 13.4. The van der Waals surface area contributed by atoms with E-state index in [1.54, 1.807) is 0 Å². The molecular formula is C31H30F6N4O6. The number of benzene rings is 3. The third-order valence-electron chi connectivity index (χ3n) is 8.20. The van der Waals surface area contributed by atoms with Crippen LogP contribution in [-0.4, -0.2) is 72.5 Å². The highest BCUT2D eigenvalue weighted by atomic mass is 19.4. The Morgan fingerprint density at radius 1 is 0.872 bits per heavy atom. The predicted octanol–water partition coefficient (Wildman–Crippen LogP) is 6.29. The van der Waals surface area contributed by atoms with E-state index in [9.17, 15) is 46.0 Å². The van der Waals surface area contributed by atoms with Crippen LogP contribution in [0, 0.1) is 10.1 Å². The van der Waals surface area contributed by atoms with E-state index in [1.165, 1.54) is 4.90 Å². The third kappa shape index (κ3) is 8.22. The lowest BCUT2D eigenvalue weighted by Crippen LogP contribution is -2.53. The van der Waals surface area contributed by atoms with E-state index in [4.69, 9.17) is 4.74 Å². The van der Waals surface area contributed by atoms with Crippen LogP contribution in [0.15, 0.2) is 60.7 Å². The maximum Gasteiger partial charge on any atom is 0.491 e. The number of piperazine rings is 1. The van der Waals surface area contributed by atoms with Crippen LogP contribution < -0.4 is 10.2 Å². The van der Waals surface area contributed by atoms with E-state index >= 15 is 0 Å². The molecule has 0 bridgehead atoms. The summed E-state index contributed by atoms with van der Waals surface area (Å²) in [4.78, 5) is 38.3. The highest BCUT2D eigenvalue weighted by Crippen LogP contribution is 2.38. The largest absolute Gasteiger partial charge is 0.491 e. The molecule has 0 aromatic heterocycles. The number of nitro groups is 1. The molecule has 1 N–H and O–H groups in total. The number of esters is 1. The van der Waals surface area contributed by atoms with Crippen LogP contribution in [0.5, 0.6) is 0 Å². The van der Waals surface area contributed by atoms with Crippen molar-refractivity contribution in [3.05, 3.63) is 76.3 Å². The molecule has 1 amide bonds. The Balaban J connectivity index is 1.20. The molecule has 1 aliphatic heterocycles. The van der Waals surface area contributed by atoms with Gasteiger partial charge in [0, 0.05) is 49.7 Å². The van der Waals surface area contributed by atoms with E-state index in [-0.39, 0.29) is 44.5 Å². The van der Waals surface area contributed by atoms with Crippen LogP contribution in [0.25, 0.3) is 10.8 Å². The smallest absolute Gasteiger partial charge is 0.419 e. The molecule has 0 radical (unpaired) electrons. The topological polar surface area (TPSA) is 114 Å². The fourth-order valence-electron chi connectivity index (χ4n) is 5.77. The number of nitro benzene ring substituents is 1. The second-order valence-corrected chi connectivity index (χ2v) is 11.3. The highest BCUT2D eigenvalue weighted by Gasteiger charge is 2.45. The third-order valence-corrected chi connectivity index (χ3v) is 8.20. The first kappa shape index (κ1) is 33.8. The number of nitrogens with zero attached hydrogens (tertiary/aromatic N) is 3. The summed E-state index contributed by atoms with van der Waals surface area (Å²) in [5.41, 5.74) is -1.57. The van der Waals surface area contributed by atoms with Crippen LogP contribution in [0.4, 0.5) is 43.4 Å². The highest BCUT2D eigenvalue weighted by molar-refractivity contribution is 5.86. The van der Waals surface area contributed by atoms with Gasteiger partial charge in [-0.2, -0.15) is 26.3 Å². The number of hydrogen-bond donors (Lipinski definition) is 1. The number of nitrogens with one attached hydrogen (secondary N) is 1. The van der Waals surface area contributed by atoms with Gasteiger partial charge in [-0.15, -0.1) is 0 Å². The Morgan fingerprint density at radius 2 is 1.53 bits per heavy atom. The van der Waals surface area contributed by atoms with Crippen LogP contribution >= 0.6 is 0 Å². The monoisotopic (exact) mass is 668 g/mol. The standard InChI is InChI=1S/C31H30F6N4O6/c32-30(33,34)25-18-22(8-12-26(25)41(44)45)38-21-6-10-24(11-7-21)46-28(47-29(43)31(35,36)37)27(42)40-15-13-39(14-16-40)23-9-5-19-3-1-2-4-20(19)17-23/h1-5,8-9,12,17-18,21,24,28,38H,6-7,10-11,13-16H2. The number of carbonyl (C=O) groups is 2. The Hall–Kier alpha value is -4.60. The molecule has 5 rings (SSSR count). The zero-order valence-corrected chi connectivity index (χ0v) is 24.7. The van der Waals surface area contributed by atoms with Gasteiger partial charge in [-0.05, 0) is 60.7 Å². The molecule has 252 valence electrons. The molecular weight excluding hydrogens is 638 g/mol. The number of halogens is 6.